The van der Waals surface area contributed by atoms with Crippen LogP contribution < -0.4 is 10.1 Å². The van der Waals surface area contributed by atoms with Crippen molar-refractivity contribution in [3.63, 3.8) is 0 Å². The van der Waals surface area contributed by atoms with Gasteiger partial charge in [0, 0.05) is 11.8 Å². The zero-order valence-corrected chi connectivity index (χ0v) is 17.1. The number of carbonyl (C=O) groups excluding carboxylic acids is 1. The predicted octanol–water partition coefficient (Wildman–Crippen LogP) is 5.09. The molecular formula is C19H12F9N5O2. The van der Waals surface area contributed by atoms with E-state index >= 15 is 0 Å². The zero-order valence-electron chi connectivity index (χ0n) is 17.1. The first kappa shape index (κ1) is 25.8. The van der Waals surface area contributed by atoms with Crippen LogP contribution in [-0.2, 0) is 12.4 Å². The van der Waals surface area contributed by atoms with Crippen molar-refractivity contribution in [3.05, 3.63) is 65.1 Å². The minimum absolute atomic E-state index is 0.0634. The topological polar surface area (TPSA) is 81.9 Å². The highest BCUT2D eigenvalue weighted by Crippen LogP contribution is 2.36. The number of carbonyl (C=O) groups is 1. The Bertz CT molecular complexity index is 1170. The second kappa shape index (κ2) is 9.07. The lowest BCUT2D eigenvalue weighted by atomic mass is 10.0. The molecule has 0 spiro atoms. The average Bonchev–Trinajstić information content (AvgIpc) is 3.15. The first-order valence-corrected chi connectivity index (χ1v) is 9.29. The Hall–Kier alpha value is -3.85. The summed E-state index contributed by atoms with van der Waals surface area (Å²) in [6, 6.07) is 1.94. The van der Waals surface area contributed by atoms with Gasteiger partial charge in [0.2, 0.25) is 0 Å². The normalized spacial score (nSPS) is 13.4. The number of hydrogen-bond acceptors (Lipinski definition) is 5. The zero-order chi connectivity index (χ0) is 26.2. The van der Waals surface area contributed by atoms with Gasteiger partial charge in [0.05, 0.1) is 17.2 Å². The second-order valence-electron chi connectivity index (χ2n) is 6.89. The van der Waals surface area contributed by atoms with Crippen LogP contribution in [0.5, 0.6) is 6.01 Å². The molecule has 2 aromatic heterocycles. The first-order valence-electron chi connectivity index (χ1n) is 9.29. The van der Waals surface area contributed by atoms with Crippen molar-refractivity contribution in [2.45, 2.75) is 31.7 Å². The third-order valence-corrected chi connectivity index (χ3v) is 4.27. The number of nitrogens with one attached hydrogen (secondary N) is 1. The fourth-order valence-corrected chi connectivity index (χ4v) is 2.81. The van der Waals surface area contributed by atoms with Crippen LogP contribution in [0.1, 0.15) is 40.3 Å². The third-order valence-electron chi connectivity index (χ3n) is 4.27. The number of hydrogen-bond donors (Lipinski definition) is 1. The molecule has 188 valence electrons. The first-order chi connectivity index (χ1) is 16.0. The van der Waals surface area contributed by atoms with Gasteiger partial charge in [-0.1, -0.05) is 6.07 Å². The molecule has 1 N–H and O–H groups in total. The van der Waals surface area contributed by atoms with Crippen LogP contribution in [0.3, 0.4) is 0 Å². The fraction of sp³-hybridized carbons (Fsp3) is 0.263. The Balaban J connectivity index is 1.98. The molecule has 0 bridgehead atoms. The highest BCUT2D eigenvalue weighted by Gasteiger charge is 2.38. The van der Waals surface area contributed by atoms with Crippen LogP contribution >= 0.6 is 0 Å². The molecule has 0 aliphatic rings. The van der Waals surface area contributed by atoms with Gasteiger partial charge in [-0.15, -0.1) is 18.3 Å². The Morgan fingerprint density at radius 3 is 2.06 bits per heavy atom. The number of pyridine rings is 1. The molecule has 35 heavy (non-hydrogen) atoms. The van der Waals surface area contributed by atoms with E-state index in [9.17, 15) is 44.3 Å². The van der Waals surface area contributed by atoms with Crippen molar-refractivity contribution in [1.82, 2.24) is 25.1 Å². The lowest BCUT2D eigenvalue weighted by molar-refractivity contribution is -0.277. The summed E-state index contributed by atoms with van der Waals surface area (Å²) < 4.78 is 121. The van der Waals surface area contributed by atoms with Crippen LogP contribution in [-0.4, -0.2) is 32.0 Å². The maximum Gasteiger partial charge on any atom is 0.575 e. The van der Waals surface area contributed by atoms with E-state index in [0.29, 0.717) is 0 Å². The highest BCUT2D eigenvalue weighted by molar-refractivity contribution is 5.94. The van der Waals surface area contributed by atoms with Gasteiger partial charge in [-0.25, -0.2) is 4.98 Å². The van der Waals surface area contributed by atoms with Crippen molar-refractivity contribution >= 4 is 5.91 Å². The number of nitrogens with zero attached hydrogens (tertiary/aromatic N) is 4. The molecule has 1 unspecified atom stereocenters. The maximum atomic E-state index is 13.1. The van der Waals surface area contributed by atoms with Gasteiger partial charge in [-0.2, -0.15) is 36.0 Å². The quantitative estimate of drug-likeness (QED) is 0.481. The van der Waals surface area contributed by atoms with Crippen molar-refractivity contribution in [2.75, 3.05) is 0 Å². The maximum absolute atomic E-state index is 13.1. The molecule has 0 aliphatic heterocycles. The Morgan fingerprint density at radius 2 is 1.57 bits per heavy atom. The Kier molecular flexibility index (Phi) is 6.68. The van der Waals surface area contributed by atoms with Crippen LogP contribution in [0.4, 0.5) is 39.5 Å². The monoisotopic (exact) mass is 513 g/mol. The minimum atomic E-state index is -5.19. The number of halogens is 9. The van der Waals surface area contributed by atoms with Gasteiger partial charge in [0.1, 0.15) is 0 Å². The molecule has 0 fully saturated rings. The largest absolute Gasteiger partial charge is 0.575 e. The van der Waals surface area contributed by atoms with Crippen LogP contribution in [0, 0.1) is 0 Å². The van der Waals surface area contributed by atoms with Gasteiger partial charge >= 0.3 is 24.7 Å². The molecule has 0 saturated carbocycles. The number of ether oxygens (including phenoxy) is 1. The molecule has 3 aromatic rings. The summed E-state index contributed by atoms with van der Waals surface area (Å²) in [5, 5.41) is 5.61. The number of rotatable bonds is 5. The fourth-order valence-electron chi connectivity index (χ4n) is 2.81. The van der Waals surface area contributed by atoms with Gasteiger partial charge in [-0.05, 0) is 37.3 Å². The number of benzene rings is 1. The molecule has 0 radical (unpaired) electrons. The highest BCUT2D eigenvalue weighted by atomic mass is 19.4. The van der Waals surface area contributed by atoms with Crippen LogP contribution in [0.15, 0.2) is 42.6 Å². The summed E-state index contributed by atoms with van der Waals surface area (Å²) in [5.41, 5.74) is -4.43. The molecule has 1 atom stereocenters. The Morgan fingerprint density at radius 1 is 0.971 bits per heavy atom. The van der Waals surface area contributed by atoms with Crippen molar-refractivity contribution in [2.24, 2.45) is 0 Å². The minimum Gasteiger partial charge on any atom is -0.369 e. The predicted molar refractivity (Wildman–Crippen MR) is 98.2 cm³/mol. The summed E-state index contributed by atoms with van der Waals surface area (Å²) in [7, 11) is 0. The van der Waals surface area contributed by atoms with E-state index < -0.39 is 59.2 Å². The van der Waals surface area contributed by atoms with Crippen LogP contribution in [0.2, 0.25) is 0 Å². The summed E-state index contributed by atoms with van der Waals surface area (Å²) in [5.74, 6) is -1.85. The SMILES string of the molecule is CC(NC(=O)c1cc(C(F)(F)F)cc(C(F)(F)F)c1)c1nc(OC(F)(F)F)nn1-c1ccccn1. The van der Waals surface area contributed by atoms with Gasteiger partial charge in [0.25, 0.3) is 5.91 Å². The summed E-state index contributed by atoms with van der Waals surface area (Å²) >= 11 is 0. The number of amides is 1. The lowest BCUT2D eigenvalue weighted by Crippen LogP contribution is -2.29. The molecule has 3 rings (SSSR count). The van der Waals surface area contributed by atoms with E-state index in [1.54, 1.807) is 0 Å². The molecule has 0 aliphatic carbocycles. The number of aromatic nitrogens is 4. The molecule has 16 heteroatoms. The van der Waals surface area contributed by atoms with Crippen molar-refractivity contribution in [3.8, 4) is 11.8 Å². The molecule has 2 heterocycles. The van der Waals surface area contributed by atoms with E-state index in [1.165, 1.54) is 24.4 Å². The van der Waals surface area contributed by atoms with Gasteiger partial charge in [-0.3, -0.25) is 4.79 Å². The number of alkyl halides is 9. The molecule has 1 amide bonds. The molecule has 1 aromatic carbocycles. The van der Waals surface area contributed by atoms with E-state index in [0.717, 1.165) is 11.6 Å². The summed E-state index contributed by atoms with van der Waals surface area (Å²) in [6.45, 7) is 1.16. The van der Waals surface area contributed by atoms with Crippen molar-refractivity contribution < 1.29 is 49.0 Å². The standard InChI is InChI=1S/C19H12F9N5O2/c1-9(14-31-16(35-19(26,27)28)32-33(14)13-4-2-3-5-29-13)30-15(34)10-6-11(17(20,21)22)8-12(7-10)18(23,24)25/h2-9H,1H3,(H,30,34). The smallest absolute Gasteiger partial charge is 0.369 e. The van der Waals surface area contributed by atoms with E-state index in [2.05, 4.69) is 25.1 Å². The average molecular weight is 513 g/mol. The molecular weight excluding hydrogens is 501 g/mol. The van der Waals surface area contributed by atoms with Gasteiger partial charge < -0.3 is 10.1 Å². The molecule has 7 nitrogen and oxygen atoms in total. The lowest BCUT2D eigenvalue weighted by Gasteiger charge is -2.17. The summed E-state index contributed by atoms with van der Waals surface area (Å²) in [4.78, 5) is 19.9. The van der Waals surface area contributed by atoms with E-state index in [-0.39, 0.29) is 24.0 Å². The van der Waals surface area contributed by atoms with Crippen molar-refractivity contribution in [1.29, 1.82) is 0 Å². The van der Waals surface area contributed by atoms with E-state index in [1.807, 2.05) is 0 Å². The van der Waals surface area contributed by atoms with Gasteiger partial charge in [0.15, 0.2) is 11.6 Å². The third kappa shape index (κ3) is 6.39. The summed E-state index contributed by atoms with van der Waals surface area (Å²) in [6.07, 6.45) is -14.3. The van der Waals surface area contributed by atoms with Crippen LogP contribution in [0.25, 0.3) is 5.82 Å². The molecule has 0 saturated heterocycles. The van der Waals surface area contributed by atoms with E-state index in [4.69, 9.17) is 0 Å². The second-order valence-corrected chi connectivity index (χ2v) is 6.89. The Labute approximate surface area is 189 Å².